The van der Waals surface area contributed by atoms with Gasteiger partial charge < -0.3 is 0 Å². The van der Waals surface area contributed by atoms with Crippen molar-refractivity contribution in [1.29, 1.82) is 0 Å². The zero-order valence-electron chi connectivity index (χ0n) is 6.33. The van der Waals surface area contributed by atoms with Gasteiger partial charge in [-0.15, -0.1) is 0 Å². The molecule has 64 valence electrons. The first-order chi connectivity index (χ1) is 6.11. The third-order valence-electron chi connectivity index (χ3n) is 1.88. The summed E-state index contributed by atoms with van der Waals surface area (Å²) in [6.45, 7) is 0. The van der Waals surface area contributed by atoms with Crippen LogP contribution in [-0.2, 0) is 0 Å². The number of fused-ring (bicyclic) bond motifs is 1. The molecule has 13 heavy (non-hydrogen) atoms. The third-order valence-corrected chi connectivity index (χ3v) is 2.12. The zero-order chi connectivity index (χ0) is 9.59. The van der Waals surface area contributed by atoms with Gasteiger partial charge in [-0.1, -0.05) is 11.6 Å². The standard InChI is InChI=1S/C9H3ClO3/c10-4-1-2-5-6(3-4)8(12)9(13)7(5)11/h1-3H. The molecule has 0 N–H and O–H groups in total. The first kappa shape index (κ1) is 8.13. The Hall–Kier alpha value is -1.48. The van der Waals surface area contributed by atoms with Crippen molar-refractivity contribution in [2.75, 3.05) is 0 Å². The highest BCUT2D eigenvalue weighted by atomic mass is 35.5. The third kappa shape index (κ3) is 1.01. The van der Waals surface area contributed by atoms with Crippen LogP contribution < -0.4 is 16.3 Å². The fraction of sp³-hybridized carbons (Fsp3) is 0. The molecule has 0 spiro atoms. The molecule has 0 aliphatic rings. The predicted octanol–water partition coefficient (Wildman–Crippen LogP) is 0.449. The van der Waals surface area contributed by atoms with Crippen LogP contribution in [0.5, 0.6) is 0 Å². The highest BCUT2D eigenvalue weighted by Crippen LogP contribution is 2.12. The Morgan fingerprint density at radius 2 is 1.46 bits per heavy atom. The molecule has 0 unspecified atom stereocenters. The van der Waals surface area contributed by atoms with Gasteiger partial charge in [-0.05, 0) is 18.2 Å². The Kier molecular flexibility index (Phi) is 1.57. The van der Waals surface area contributed by atoms with Crippen molar-refractivity contribution in [1.82, 2.24) is 0 Å². The molecule has 0 bridgehead atoms. The first-order valence-corrected chi connectivity index (χ1v) is 3.92. The van der Waals surface area contributed by atoms with Crippen LogP contribution in [-0.4, -0.2) is 0 Å². The molecular weight excluding hydrogens is 192 g/mol. The second-order valence-corrected chi connectivity index (χ2v) is 3.11. The van der Waals surface area contributed by atoms with E-state index in [4.69, 9.17) is 11.6 Å². The SMILES string of the molecule is O=c1c(=O)c2ccc(Cl)cc2c1=O. The summed E-state index contributed by atoms with van der Waals surface area (Å²) in [6.07, 6.45) is 0. The maximum atomic E-state index is 11.1. The molecule has 0 saturated carbocycles. The first-order valence-electron chi connectivity index (χ1n) is 3.54. The Bertz CT molecular complexity index is 621. The summed E-state index contributed by atoms with van der Waals surface area (Å²) in [4.78, 5) is 33.2. The van der Waals surface area contributed by atoms with E-state index >= 15 is 0 Å². The lowest BCUT2D eigenvalue weighted by Crippen LogP contribution is -2.29. The van der Waals surface area contributed by atoms with E-state index in [1.54, 1.807) is 0 Å². The number of benzene rings is 1. The average molecular weight is 195 g/mol. The van der Waals surface area contributed by atoms with Gasteiger partial charge in [0.05, 0.1) is 0 Å². The lowest BCUT2D eigenvalue weighted by Gasteiger charge is -1.87. The van der Waals surface area contributed by atoms with E-state index in [0.29, 0.717) is 5.02 Å². The molecular formula is C9H3ClO3. The average Bonchev–Trinajstić information content (AvgIpc) is 2.32. The Morgan fingerprint density at radius 1 is 0.846 bits per heavy atom. The highest BCUT2D eigenvalue weighted by molar-refractivity contribution is 6.31. The summed E-state index contributed by atoms with van der Waals surface area (Å²) in [5.41, 5.74) is -2.48. The van der Waals surface area contributed by atoms with Gasteiger partial charge in [0.15, 0.2) is 0 Å². The summed E-state index contributed by atoms with van der Waals surface area (Å²) < 4.78 is 0. The zero-order valence-corrected chi connectivity index (χ0v) is 7.09. The largest absolute Gasteiger partial charge is 0.285 e. The van der Waals surface area contributed by atoms with Crippen LogP contribution in [0.2, 0.25) is 5.02 Å². The van der Waals surface area contributed by atoms with Crippen molar-refractivity contribution in [2.24, 2.45) is 0 Å². The van der Waals surface area contributed by atoms with Gasteiger partial charge in [0, 0.05) is 15.8 Å². The molecule has 2 rings (SSSR count). The van der Waals surface area contributed by atoms with Crippen LogP contribution >= 0.6 is 11.6 Å². The summed E-state index contributed by atoms with van der Waals surface area (Å²) in [5, 5.41) is 0.608. The minimum absolute atomic E-state index is 0.113. The topological polar surface area (TPSA) is 51.2 Å². The Balaban J connectivity index is 3.23. The van der Waals surface area contributed by atoms with Gasteiger partial charge in [0.2, 0.25) is 10.9 Å². The molecule has 0 fully saturated rings. The van der Waals surface area contributed by atoms with Crippen molar-refractivity contribution in [3.63, 3.8) is 0 Å². The number of rotatable bonds is 0. The van der Waals surface area contributed by atoms with Gasteiger partial charge in [-0.2, -0.15) is 0 Å². The van der Waals surface area contributed by atoms with Gasteiger partial charge in [0.25, 0.3) is 5.43 Å². The van der Waals surface area contributed by atoms with E-state index in [0.717, 1.165) is 0 Å². The highest BCUT2D eigenvalue weighted by Gasteiger charge is 2.11. The predicted molar refractivity (Wildman–Crippen MR) is 50.1 cm³/mol. The summed E-state index contributed by atoms with van der Waals surface area (Å²) in [5.74, 6) is 0. The molecule has 0 radical (unpaired) electrons. The number of hydrogen-bond donors (Lipinski definition) is 0. The molecule has 0 aliphatic heterocycles. The van der Waals surface area contributed by atoms with E-state index in [-0.39, 0.29) is 10.8 Å². The van der Waals surface area contributed by atoms with Crippen LogP contribution in [0.15, 0.2) is 32.6 Å². The van der Waals surface area contributed by atoms with Crippen LogP contribution in [0.1, 0.15) is 0 Å². The van der Waals surface area contributed by atoms with Gasteiger partial charge in [0.1, 0.15) is 0 Å². The molecule has 0 aliphatic carbocycles. The van der Waals surface area contributed by atoms with Crippen LogP contribution in [0.4, 0.5) is 0 Å². The van der Waals surface area contributed by atoms with Gasteiger partial charge in [-0.25, -0.2) is 0 Å². The second-order valence-electron chi connectivity index (χ2n) is 2.68. The molecule has 2 aromatic rings. The lowest BCUT2D eigenvalue weighted by atomic mass is 10.2. The van der Waals surface area contributed by atoms with E-state index in [1.165, 1.54) is 18.2 Å². The number of halogens is 1. The fourth-order valence-corrected chi connectivity index (χ4v) is 1.42. The molecule has 0 amide bonds. The molecule has 0 saturated heterocycles. The Labute approximate surface area is 76.9 Å². The lowest BCUT2D eigenvalue weighted by molar-refractivity contribution is 1.56. The van der Waals surface area contributed by atoms with Crippen molar-refractivity contribution in [2.45, 2.75) is 0 Å². The van der Waals surface area contributed by atoms with Crippen molar-refractivity contribution in [3.8, 4) is 0 Å². The molecule has 0 heterocycles. The summed E-state index contributed by atoms with van der Waals surface area (Å²) in [7, 11) is 0. The monoisotopic (exact) mass is 194 g/mol. The molecule has 0 atom stereocenters. The minimum Gasteiger partial charge on any atom is -0.285 e. The van der Waals surface area contributed by atoms with Crippen LogP contribution in [0, 0.1) is 0 Å². The maximum absolute atomic E-state index is 11.1. The van der Waals surface area contributed by atoms with E-state index < -0.39 is 16.3 Å². The molecule has 0 aromatic heterocycles. The molecule has 4 heteroatoms. The van der Waals surface area contributed by atoms with Gasteiger partial charge >= 0.3 is 0 Å². The Morgan fingerprint density at radius 3 is 2.15 bits per heavy atom. The van der Waals surface area contributed by atoms with Crippen LogP contribution in [0.25, 0.3) is 10.8 Å². The summed E-state index contributed by atoms with van der Waals surface area (Å²) in [6, 6.07) is 4.20. The van der Waals surface area contributed by atoms with Crippen molar-refractivity contribution >= 4 is 22.4 Å². The molecule has 3 nitrogen and oxygen atoms in total. The molecule has 2 aromatic carbocycles. The number of hydrogen-bond acceptors (Lipinski definition) is 3. The minimum atomic E-state index is -0.975. The quantitative estimate of drug-likeness (QED) is 0.572. The van der Waals surface area contributed by atoms with Crippen molar-refractivity contribution < 1.29 is 0 Å². The van der Waals surface area contributed by atoms with Gasteiger partial charge in [-0.3, -0.25) is 14.4 Å². The van der Waals surface area contributed by atoms with E-state index in [9.17, 15) is 14.4 Å². The summed E-state index contributed by atoms with van der Waals surface area (Å²) >= 11 is 5.61. The normalized spacial score (nSPS) is 10.8. The van der Waals surface area contributed by atoms with E-state index in [1.807, 2.05) is 0 Å². The smallest absolute Gasteiger partial charge is 0.273 e. The maximum Gasteiger partial charge on any atom is 0.273 e. The fourth-order valence-electron chi connectivity index (χ4n) is 1.25. The van der Waals surface area contributed by atoms with Crippen molar-refractivity contribution in [3.05, 3.63) is 53.9 Å². The van der Waals surface area contributed by atoms with E-state index in [2.05, 4.69) is 0 Å². The van der Waals surface area contributed by atoms with Crippen LogP contribution in [0.3, 0.4) is 0 Å². The second kappa shape index (κ2) is 2.50.